The molecule has 3 fully saturated rings. The zero-order valence-electron chi connectivity index (χ0n) is 56.7. The second kappa shape index (κ2) is 34.7. The molecule has 2 saturated heterocycles. The molecule has 19 nitrogen and oxygen atoms in total. The molecule has 0 bridgehead atoms. The van der Waals surface area contributed by atoms with Gasteiger partial charge in [-0.3, -0.25) is 33.4 Å². The number of nitrogens with zero attached hydrogens (tertiary/aromatic N) is 7. The summed E-state index contributed by atoms with van der Waals surface area (Å²) in [5.74, 6) is 1.28. The van der Waals surface area contributed by atoms with Crippen molar-refractivity contribution in [3.8, 4) is 0 Å². The van der Waals surface area contributed by atoms with Gasteiger partial charge in [-0.15, -0.1) is 0 Å². The van der Waals surface area contributed by atoms with E-state index in [4.69, 9.17) is 56.1 Å². The van der Waals surface area contributed by atoms with Crippen LogP contribution in [0, 0.1) is 5.92 Å². The monoisotopic (exact) mass is 1410 g/mol. The maximum absolute atomic E-state index is 14.6. The first-order chi connectivity index (χ1) is 47.1. The normalized spacial score (nSPS) is 19.2. The second-order valence-electron chi connectivity index (χ2n) is 27.7. The number of H-pyrrole nitrogens is 1. The van der Waals surface area contributed by atoms with E-state index in [9.17, 15) is 29.1 Å². The number of aliphatic hydroxyl groups excluding tert-OH is 1. The van der Waals surface area contributed by atoms with E-state index in [1.54, 1.807) is 59.8 Å². The number of rotatable bonds is 32. The summed E-state index contributed by atoms with van der Waals surface area (Å²) in [6.45, 7) is 13.4. The number of aliphatic hydroxyl groups is 1. The largest absolute Gasteiger partial charge is 0.390 e. The molecule has 3 aromatic heterocycles. The van der Waals surface area contributed by atoms with Crippen molar-refractivity contribution in [2.45, 2.75) is 186 Å². The molecule has 4 aromatic carbocycles. The van der Waals surface area contributed by atoms with Gasteiger partial charge < -0.3 is 41.0 Å². The van der Waals surface area contributed by atoms with Crippen LogP contribution in [0.4, 0.5) is 5.82 Å². The highest BCUT2D eigenvalue weighted by Gasteiger charge is 2.42. The zero-order chi connectivity index (χ0) is 69.5. The van der Waals surface area contributed by atoms with Crippen LogP contribution < -0.4 is 21.3 Å². The number of imidazole rings is 2. The predicted octanol–water partition coefficient (Wildman–Crippen LogP) is 13.6. The van der Waals surface area contributed by atoms with Crippen LogP contribution in [0.25, 0.3) is 34.3 Å². The van der Waals surface area contributed by atoms with Gasteiger partial charge in [-0.05, 0) is 147 Å². The Balaban J connectivity index is 0.578. The van der Waals surface area contributed by atoms with Crippen LogP contribution in [0.15, 0.2) is 109 Å². The van der Waals surface area contributed by atoms with Crippen molar-refractivity contribution in [1.82, 2.24) is 55.2 Å². The maximum Gasteiger partial charge on any atom is 0.246 e. The molecular weight excluding hydrogens is 1320 g/mol. The van der Waals surface area contributed by atoms with E-state index in [-0.39, 0.29) is 79.7 Å². The lowest BCUT2D eigenvalue weighted by molar-refractivity contribution is -0.136. The van der Waals surface area contributed by atoms with Crippen LogP contribution >= 0.6 is 46.4 Å². The van der Waals surface area contributed by atoms with Gasteiger partial charge in [-0.25, -0.2) is 19.9 Å². The number of aromatic nitrogens is 6. The summed E-state index contributed by atoms with van der Waals surface area (Å²) in [6, 6.07) is 26.0. The Kier molecular flexibility index (Phi) is 26.0. The Bertz CT molecular complexity index is 3900. The van der Waals surface area contributed by atoms with Gasteiger partial charge in [0.1, 0.15) is 24.4 Å². The van der Waals surface area contributed by atoms with Gasteiger partial charge in [0.2, 0.25) is 23.6 Å². The van der Waals surface area contributed by atoms with Crippen molar-refractivity contribution in [2.75, 3.05) is 44.6 Å². The van der Waals surface area contributed by atoms with Crippen LogP contribution in [-0.2, 0) is 47.0 Å². The van der Waals surface area contributed by atoms with Gasteiger partial charge in [0, 0.05) is 101 Å². The number of unbranched alkanes of at least 4 members (excludes halogenated alkanes) is 5. The number of ether oxygens (including phenoxy) is 1. The first-order valence-electron chi connectivity index (χ1n) is 34.6. The van der Waals surface area contributed by atoms with E-state index < -0.39 is 18.4 Å². The van der Waals surface area contributed by atoms with Crippen LogP contribution in [0.2, 0.25) is 20.1 Å². The number of piperidine rings is 1. The minimum atomic E-state index is -0.905. The summed E-state index contributed by atoms with van der Waals surface area (Å²) < 4.78 is 8.49. The molecule has 5 heterocycles. The molecule has 6 N–H and O–H groups in total. The molecule has 98 heavy (non-hydrogen) atoms. The number of carbonyl (C=O) groups excluding carboxylic acids is 5. The minimum Gasteiger partial charge on any atom is -0.390 e. The van der Waals surface area contributed by atoms with Crippen LogP contribution in [-0.4, -0.2) is 143 Å². The van der Waals surface area contributed by atoms with E-state index in [1.165, 1.54) is 11.9 Å². The van der Waals surface area contributed by atoms with Crippen molar-refractivity contribution < 1.29 is 33.8 Å². The number of likely N-dealkylation sites (tertiary alicyclic amines) is 1. The van der Waals surface area contributed by atoms with E-state index in [2.05, 4.69) is 98.9 Å². The molecule has 522 valence electrons. The third-order valence-corrected chi connectivity index (χ3v) is 20.3. The van der Waals surface area contributed by atoms with Gasteiger partial charge in [0.15, 0.2) is 22.8 Å². The number of benzene rings is 4. The summed E-state index contributed by atoms with van der Waals surface area (Å²) in [6.07, 6.45) is 16.8. The highest BCUT2D eigenvalue weighted by Crippen LogP contribution is 2.39. The number of fused-ring (bicyclic) bond motifs is 2. The Morgan fingerprint density at radius 3 is 2.02 bits per heavy atom. The Morgan fingerprint density at radius 2 is 1.37 bits per heavy atom. The number of halogens is 4. The van der Waals surface area contributed by atoms with Crippen molar-refractivity contribution in [2.24, 2.45) is 5.92 Å². The molecule has 23 heteroatoms. The van der Waals surface area contributed by atoms with Crippen molar-refractivity contribution in [1.29, 1.82) is 0 Å². The molecule has 2 aliphatic heterocycles. The molecular formula is C75H92Cl4N12O7. The summed E-state index contributed by atoms with van der Waals surface area (Å²) in [7, 11) is 0. The summed E-state index contributed by atoms with van der Waals surface area (Å²) >= 11 is 25.1. The van der Waals surface area contributed by atoms with Gasteiger partial charge in [-0.1, -0.05) is 135 Å². The van der Waals surface area contributed by atoms with E-state index in [0.29, 0.717) is 123 Å². The molecule has 0 spiro atoms. The number of Topliss-reactive ketones (excluding diaryl/α,β-unsaturated/α-hetero) is 1. The van der Waals surface area contributed by atoms with E-state index in [0.717, 1.165) is 86.6 Å². The van der Waals surface area contributed by atoms with Crippen LogP contribution in [0.5, 0.6) is 0 Å². The molecule has 4 atom stereocenters. The van der Waals surface area contributed by atoms with E-state index in [1.807, 2.05) is 34.9 Å². The molecule has 10 rings (SSSR count). The average Bonchev–Trinajstić information content (AvgIpc) is 1.57. The lowest BCUT2D eigenvalue weighted by atomic mass is 9.76. The molecule has 4 amide bonds. The van der Waals surface area contributed by atoms with Crippen LogP contribution in [0.3, 0.4) is 0 Å². The predicted molar refractivity (Wildman–Crippen MR) is 389 cm³/mol. The number of ketones is 1. The summed E-state index contributed by atoms with van der Waals surface area (Å²) in [4.78, 5) is 93.8. The highest BCUT2D eigenvalue weighted by atomic mass is 35.5. The summed E-state index contributed by atoms with van der Waals surface area (Å²) in [5.41, 5.74) is 7.62. The van der Waals surface area contributed by atoms with Crippen LogP contribution in [0.1, 0.15) is 165 Å². The topological polar surface area (TPSA) is 242 Å². The van der Waals surface area contributed by atoms with Gasteiger partial charge in [-0.2, -0.15) is 0 Å². The molecule has 1 aliphatic carbocycles. The van der Waals surface area contributed by atoms with Gasteiger partial charge >= 0.3 is 0 Å². The first-order valence-corrected chi connectivity index (χ1v) is 36.1. The van der Waals surface area contributed by atoms with Crippen molar-refractivity contribution >= 4 is 116 Å². The second-order valence-corrected chi connectivity index (χ2v) is 29.3. The lowest BCUT2D eigenvalue weighted by Crippen LogP contribution is -2.52. The fourth-order valence-corrected chi connectivity index (χ4v) is 13.8. The van der Waals surface area contributed by atoms with Gasteiger partial charge in [0.05, 0.1) is 49.7 Å². The Labute approximate surface area is 594 Å². The number of nitrogens with one attached hydrogen (secondary N) is 5. The standard InChI is InChI=1S/C75H92Cl4N12O7/c1-47(2)90(55-35-51(36-55)24-29-65-86-60-28-25-54(75(3,4)5)40-61(60)87-65)44-64-63(92)41-69(98-64)91-46-85-70-72(83-45-84-73(70)91)82-32-15-14-31-81-67(94)21-16-20-66(93)80-30-13-8-6-7-12-19-68(95)88-62(39-48-17-10-9-11-18-48)74(97)89-42-52(33-49-22-26-56(76)58(78)37-49)71(96)53(43-89)34-50-23-27-57(77)59(79)38-50/h9-11,17-18,22-23,25-28,33-34,37-38,40,45-47,51,55,62-64,69,92H,6-8,12-16,19-21,24,29-32,35-36,39,41-44H2,1-5H3,(H,80,93)(H,81,94)(H,86,87)(H,88,95)(H,82,83,84)/b52-33+,53-34+/t51?,55?,62-,63?,64-,69-/m1/s1. The fourth-order valence-electron chi connectivity index (χ4n) is 13.2. The third-order valence-electron chi connectivity index (χ3n) is 18.8. The van der Waals surface area contributed by atoms with Gasteiger partial charge in [0.25, 0.3) is 0 Å². The number of hydrogen-bond donors (Lipinski definition) is 6. The first kappa shape index (κ1) is 73.5. The number of hydrogen-bond acceptors (Lipinski definition) is 13. The fraction of sp³-hybridized carbons (Fsp3) is 0.480. The molecule has 1 saturated carbocycles. The number of aromatic amines is 1. The Morgan fingerprint density at radius 1 is 0.735 bits per heavy atom. The maximum atomic E-state index is 14.6. The number of aryl methyl sites for hydroxylation is 1. The van der Waals surface area contributed by atoms with Crippen molar-refractivity contribution in [3.63, 3.8) is 0 Å². The molecule has 3 aliphatic rings. The zero-order valence-corrected chi connectivity index (χ0v) is 59.8. The van der Waals surface area contributed by atoms with Crippen molar-refractivity contribution in [3.05, 3.63) is 157 Å². The quantitative estimate of drug-likeness (QED) is 0.0170. The number of anilines is 1. The minimum absolute atomic E-state index is 0.00358. The lowest BCUT2D eigenvalue weighted by Gasteiger charge is -2.46. The van der Waals surface area contributed by atoms with E-state index >= 15 is 0 Å². The SMILES string of the molecule is CC(C)N(C[C@H]1O[C@@H](n2cnc3c(NCCCCNC(=O)CCCC(=O)NCCCCCCCC(=O)N[C@H](Cc4ccccc4)C(=O)N4C/C(=C\c5ccc(Cl)c(Cl)c5)C(=O)/C(=C/c5ccc(Cl)c(Cl)c5)C4)ncnc32)CC1O)C1CC(CCc2nc3cc(C(C)(C)C)ccc3[nH]2)C1. The smallest absolute Gasteiger partial charge is 0.246 e. The molecule has 0 radical (unpaired) electrons. The third kappa shape index (κ3) is 20.2. The molecule has 7 aromatic rings. The Hall–Kier alpha value is -7.23. The average molecular weight is 1420 g/mol. The summed E-state index contributed by atoms with van der Waals surface area (Å²) in [5, 5.41) is 25.1. The number of carbonyl (C=O) groups is 5. The highest BCUT2D eigenvalue weighted by molar-refractivity contribution is 6.42. The molecule has 1 unspecified atom stereocenters. The number of amides is 4.